The van der Waals surface area contributed by atoms with Crippen LogP contribution in [0.1, 0.15) is 53.0 Å². The van der Waals surface area contributed by atoms with Gasteiger partial charge in [-0.05, 0) is 38.7 Å². The standard InChI is InChI=1S/C18H29NO/c1-6-15(4)19(16(5)7-2)18(20)14(3)13-17-11-9-8-10-12-17/h8-12,14-16H,6-7,13H2,1-5H3. The molecule has 0 saturated carbocycles. The van der Waals surface area contributed by atoms with Crippen LogP contribution in [-0.2, 0) is 11.2 Å². The molecule has 2 heteroatoms. The van der Waals surface area contributed by atoms with E-state index in [2.05, 4.69) is 44.7 Å². The fourth-order valence-corrected chi connectivity index (χ4v) is 2.57. The topological polar surface area (TPSA) is 20.3 Å². The van der Waals surface area contributed by atoms with E-state index in [1.807, 2.05) is 25.1 Å². The summed E-state index contributed by atoms with van der Waals surface area (Å²) in [4.78, 5) is 14.9. The monoisotopic (exact) mass is 275 g/mol. The van der Waals surface area contributed by atoms with Crippen molar-refractivity contribution < 1.29 is 4.79 Å². The molecular weight excluding hydrogens is 246 g/mol. The van der Waals surface area contributed by atoms with Crippen LogP contribution in [0.3, 0.4) is 0 Å². The molecule has 1 rings (SSSR count). The number of hydrogen-bond acceptors (Lipinski definition) is 1. The van der Waals surface area contributed by atoms with Gasteiger partial charge in [-0.15, -0.1) is 0 Å². The van der Waals surface area contributed by atoms with E-state index < -0.39 is 0 Å². The van der Waals surface area contributed by atoms with E-state index >= 15 is 0 Å². The molecule has 0 aliphatic heterocycles. The fraction of sp³-hybridized carbons (Fsp3) is 0.611. The lowest BCUT2D eigenvalue weighted by atomic mass is 9.97. The van der Waals surface area contributed by atoms with Gasteiger partial charge >= 0.3 is 0 Å². The number of benzene rings is 1. The highest BCUT2D eigenvalue weighted by molar-refractivity contribution is 5.79. The molecule has 2 nitrogen and oxygen atoms in total. The second-order valence-corrected chi connectivity index (χ2v) is 5.85. The van der Waals surface area contributed by atoms with Crippen LogP contribution in [0.25, 0.3) is 0 Å². The average Bonchev–Trinajstić information content (AvgIpc) is 2.47. The van der Waals surface area contributed by atoms with Crippen molar-refractivity contribution in [3.05, 3.63) is 35.9 Å². The first kappa shape index (κ1) is 16.7. The fourth-order valence-electron chi connectivity index (χ4n) is 2.57. The van der Waals surface area contributed by atoms with Crippen molar-refractivity contribution in [2.24, 2.45) is 5.92 Å². The first-order valence-corrected chi connectivity index (χ1v) is 7.87. The second kappa shape index (κ2) is 8.08. The molecule has 0 aromatic heterocycles. The molecule has 0 saturated heterocycles. The predicted molar refractivity (Wildman–Crippen MR) is 85.7 cm³/mol. The van der Waals surface area contributed by atoms with Crippen LogP contribution < -0.4 is 0 Å². The maximum absolute atomic E-state index is 12.8. The van der Waals surface area contributed by atoms with Crippen molar-refractivity contribution in [3.8, 4) is 0 Å². The summed E-state index contributed by atoms with van der Waals surface area (Å²) in [5.41, 5.74) is 1.24. The van der Waals surface area contributed by atoms with Gasteiger partial charge in [-0.25, -0.2) is 0 Å². The van der Waals surface area contributed by atoms with Gasteiger partial charge < -0.3 is 4.90 Å². The van der Waals surface area contributed by atoms with E-state index in [0.29, 0.717) is 12.1 Å². The molecule has 0 N–H and O–H groups in total. The number of amides is 1. The lowest BCUT2D eigenvalue weighted by Gasteiger charge is -2.36. The molecule has 0 fully saturated rings. The minimum Gasteiger partial charge on any atom is -0.337 e. The highest BCUT2D eigenvalue weighted by Gasteiger charge is 2.27. The van der Waals surface area contributed by atoms with Gasteiger partial charge in [0.2, 0.25) is 5.91 Å². The van der Waals surface area contributed by atoms with Crippen LogP contribution in [0, 0.1) is 5.92 Å². The second-order valence-electron chi connectivity index (χ2n) is 5.85. The Kier molecular flexibility index (Phi) is 6.77. The van der Waals surface area contributed by atoms with E-state index in [0.717, 1.165) is 19.3 Å². The summed E-state index contributed by atoms with van der Waals surface area (Å²) in [7, 11) is 0. The Hall–Kier alpha value is -1.31. The molecule has 0 heterocycles. The molecule has 0 bridgehead atoms. The normalized spacial score (nSPS) is 15.4. The molecule has 1 amide bonds. The molecule has 20 heavy (non-hydrogen) atoms. The molecule has 0 radical (unpaired) electrons. The van der Waals surface area contributed by atoms with Crippen molar-refractivity contribution in [1.82, 2.24) is 4.90 Å². The summed E-state index contributed by atoms with van der Waals surface area (Å²) in [6.07, 6.45) is 2.84. The van der Waals surface area contributed by atoms with Crippen LogP contribution in [-0.4, -0.2) is 22.9 Å². The zero-order valence-electron chi connectivity index (χ0n) is 13.6. The number of nitrogens with zero attached hydrogens (tertiary/aromatic N) is 1. The van der Waals surface area contributed by atoms with E-state index in [9.17, 15) is 4.79 Å². The van der Waals surface area contributed by atoms with Gasteiger partial charge in [0.25, 0.3) is 0 Å². The van der Waals surface area contributed by atoms with Crippen molar-refractivity contribution in [2.45, 2.75) is 66.0 Å². The van der Waals surface area contributed by atoms with Gasteiger partial charge in [-0.1, -0.05) is 51.1 Å². The highest BCUT2D eigenvalue weighted by Crippen LogP contribution is 2.18. The van der Waals surface area contributed by atoms with Crippen LogP contribution in [0.2, 0.25) is 0 Å². The molecule has 3 unspecified atom stereocenters. The molecule has 112 valence electrons. The molecule has 1 aromatic rings. The van der Waals surface area contributed by atoms with E-state index in [-0.39, 0.29) is 11.8 Å². The number of carbonyl (C=O) groups is 1. The third-order valence-corrected chi connectivity index (χ3v) is 4.19. The Morgan fingerprint density at radius 2 is 1.50 bits per heavy atom. The molecule has 0 aliphatic carbocycles. The van der Waals surface area contributed by atoms with Crippen LogP contribution in [0.15, 0.2) is 30.3 Å². The zero-order chi connectivity index (χ0) is 15.1. The summed E-state index contributed by atoms with van der Waals surface area (Å²) in [5, 5.41) is 0. The first-order chi connectivity index (χ1) is 9.51. The van der Waals surface area contributed by atoms with Gasteiger partial charge in [-0.3, -0.25) is 4.79 Å². The summed E-state index contributed by atoms with van der Waals surface area (Å²) in [6.45, 7) is 10.6. The first-order valence-electron chi connectivity index (χ1n) is 7.87. The summed E-state index contributed by atoms with van der Waals surface area (Å²) in [5.74, 6) is 0.331. The molecular formula is C18H29NO. The third kappa shape index (κ3) is 4.36. The van der Waals surface area contributed by atoms with Crippen molar-refractivity contribution in [1.29, 1.82) is 0 Å². The van der Waals surface area contributed by atoms with Gasteiger partial charge in [0, 0.05) is 18.0 Å². The molecule has 0 spiro atoms. The van der Waals surface area contributed by atoms with Gasteiger partial charge in [0.15, 0.2) is 0 Å². The summed E-state index contributed by atoms with van der Waals surface area (Å²) in [6, 6.07) is 10.9. The molecule has 1 aromatic carbocycles. The van der Waals surface area contributed by atoms with Crippen molar-refractivity contribution in [2.75, 3.05) is 0 Å². The van der Waals surface area contributed by atoms with E-state index in [4.69, 9.17) is 0 Å². The largest absolute Gasteiger partial charge is 0.337 e. The van der Waals surface area contributed by atoms with Crippen LogP contribution >= 0.6 is 0 Å². The quantitative estimate of drug-likeness (QED) is 0.727. The summed E-state index contributed by atoms with van der Waals surface area (Å²) < 4.78 is 0. The Morgan fingerprint density at radius 1 is 1.00 bits per heavy atom. The lowest BCUT2D eigenvalue weighted by molar-refractivity contribution is -0.139. The Morgan fingerprint density at radius 3 is 1.95 bits per heavy atom. The smallest absolute Gasteiger partial charge is 0.226 e. The van der Waals surface area contributed by atoms with Crippen LogP contribution in [0.5, 0.6) is 0 Å². The summed E-state index contributed by atoms with van der Waals surface area (Å²) >= 11 is 0. The maximum atomic E-state index is 12.8. The van der Waals surface area contributed by atoms with Crippen molar-refractivity contribution in [3.63, 3.8) is 0 Å². The third-order valence-electron chi connectivity index (χ3n) is 4.19. The minimum atomic E-state index is 0.0420. The van der Waals surface area contributed by atoms with E-state index in [1.165, 1.54) is 5.56 Å². The van der Waals surface area contributed by atoms with Crippen LogP contribution in [0.4, 0.5) is 0 Å². The predicted octanol–water partition coefficient (Wildman–Crippen LogP) is 4.29. The van der Waals surface area contributed by atoms with E-state index in [1.54, 1.807) is 0 Å². The number of carbonyl (C=O) groups excluding carboxylic acids is 1. The maximum Gasteiger partial charge on any atom is 0.226 e. The number of hydrogen-bond donors (Lipinski definition) is 0. The Bertz CT molecular complexity index is 391. The Labute approximate surface area is 124 Å². The Balaban J connectivity index is 2.78. The average molecular weight is 275 g/mol. The lowest BCUT2D eigenvalue weighted by Crippen LogP contribution is -2.47. The van der Waals surface area contributed by atoms with Gasteiger partial charge in [0.1, 0.15) is 0 Å². The van der Waals surface area contributed by atoms with Crippen molar-refractivity contribution >= 4 is 5.91 Å². The number of rotatable bonds is 7. The molecule has 3 atom stereocenters. The van der Waals surface area contributed by atoms with Gasteiger partial charge in [-0.2, -0.15) is 0 Å². The van der Waals surface area contributed by atoms with Gasteiger partial charge in [0.05, 0.1) is 0 Å². The highest BCUT2D eigenvalue weighted by atomic mass is 16.2. The minimum absolute atomic E-state index is 0.0420. The molecule has 0 aliphatic rings. The zero-order valence-corrected chi connectivity index (χ0v) is 13.6. The SMILES string of the molecule is CCC(C)N(C(=O)C(C)Cc1ccccc1)C(C)CC.